The summed E-state index contributed by atoms with van der Waals surface area (Å²) in [5, 5.41) is 12.6. The van der Waals surface area contributed by atoms with E-state index in [1.54, 1.807) is 11.0 Å². The number of Topliss-reactive ketones (excluding diaryl/α,β-unsaturated/α-hetero) is 1. The van der Waals surface area contributed by atoms with Gasteiger partial charge in [0.1, 0.15) is 12.6 Å². The van der Waals surface area contributed by atoms with Gasteiger partial charge < -0.3 is 25.8 Å². The number of ether oxygens (including phenoxy) is 1. The smallest absolute Gasteiger partial charge is 0.407 e. The Balaban J connectivity index is 1.38. The van der Waals surface area contributed by atoms with Gasteiger partial charge in [-0.3, -0.25) is 9.59 Å². The van der Waals surface area contributed by atoms with E-state index in [9.17, 15) is 19.5 Å². The van der Waals surface area contributed by atoms with E-state index in [1.807, 2.05) is 20.8 Å². The molecule has 10 nitrogen and oxygen atoms in total. The summed E-state index contributed by atoms with van der Waals surface area (Å²) >= 11 is 0. The van der Waals surface area contributed by atoms with Crippen molar-refractivity contribution in [3.05, 3.63) is 23.9 Å². The average Bonchev–Trinajstić information content (AvgIpc) is 3.49. The van der Waals surface area contributed by atoms with E-state index in [2.05, 4.69) is 15.3 Å². The maximum atomic E-state index is 12.8. The molecule has 0 spiro atoms. The van der Waals surface area contributed by atoms with Gasteiger partial charge >= 0.3 is 6.09 Å². The molecule has 2 amide bonds. The van der Waals surface area contributed by atoms with Crippen molar-refractivity contribution in [2.45, 2.75) is 90.7 Å². The van der Waals surface area contributed by atoms with E-state index in [0.29, 0.717) is 30.4 Å². The quantitative estimate of drug-likeness (QED) is 0.348. The van der Waals surface area contributed by atoms with Gasteiger partial charge in [-0.15, -0.1) is 0 Å². The van der Waals surface area contributed by atoms with E-state index >= 15 is 0 Å². The maximum Gasteiger partial charge on any atom is 0.407 e. The number of unbranched alkanes of at least 4 members (excludes halogenated alkanes) is 2. The van der Waals surface area contributed by atoms with Gasteiger partial charge in [0.25, 0.3) is 0 Å². The number of rotatable bonds is 12. The number of aromatic nitrogens is 2. The molecular weight excluding hydrogens is 486 g/mol. The third-order valence-corrected chi connectivity index (χ3v) is 7.71. The molecule has 4 N–H and O–H groups in total. The lowest BCUT2D eigenvalue weighted by atomic mass is 9.92. The van der Waals surface area contributed by atoms with Gasteiger partial charge in [0.05, 0.1) is 17.9 Å². The van der Waals surface area contributed by atoms with Crippen LogP contribution in [0.4, 0.5) is 4.79 Å². The number of nitrogens with two attached hydrogens (primary N) is 1. The first kappa shape index (κ1) is 29.4. The Morgan fingerprint density at radius 1 is 1.24 bits per heavy atom. The topological polar surface area (TPSA) is 148 Å². The van der Waals surface area contributed by atoms with Gasteiger partial charge in [-0.1, -0.05) is 33.6 Å². The molecular formula is C28H43N5O5. The number of hydrogen-bond acceptors (Lipinski definition) is 8. The molecule has 1 aromatic rings. The Morgan fingerprint density at radius 3 is 2.76 bits per heavy atom. The third-order valence-electron chi connectivity index (χ3n) is 7.71. The lowest BCUT2D eigenvalue weighted by molar-refractivity contribution is -0.138. The number of amides is 2. The summed E-state index contributed by atoms with van der Waals surface area (Å²) in [5.41, 5.74) is 6.00. The highest BCUT2D eigenvalue weighted by atomic mass is 16.6. The molecule has 0 aromatic carbocycles. The molecule has 210 valence electrons. The molecule has 1 aromatic heterocycles. The number of carbonyl (C=O) groups is 3. The Morgan fingerprint density at radius 2 is 2.03 bits per heavy atom. The summed E-state index contributed by atoms with van der Waals surface area (Å²) in [6, 6.07) is -0.414. The van der Waals surface area contributed by atoms with Crippen LogP contribution in [0.3, 0.4) is 0 Å². The molecule has 2 unspecified atom stereocenters. The summed E-state index contributed by atoms with van der Waals surface area (Å²) in [4.78, 5) is 47.8. The number of hydrogen-bond donors (Lipinski definition) is 3. The number of nitrogens with one attached hydrogen (secondary N) is 1. The van der Waals surface area contributed by atoms with Gasteiger partial charge in [0.2, 0.25) is 5.91 Å². The van der Waals surface area contributed by atoms with Crippen molar-refractivity contribution in [2.75, 3.05) is 13.1 Å². The van der Waals surface area contributed by atoms with Gasteiger partial charge in [-0.05, 0) is 69.1 Å². The predicted octanol–water partition coefficient (Wildman–Crippen LogP) is 3.57. The van der Waals surface area contributed by atoms with Crippen LogP contribution in [0.5, 0.6) is 5.75 Å². The first-order chi connectivity index (χ1) is 18.2. The fraction of sp³-hybridized carbons (Fsp3) is 0.679. The zero-order valence-corrected chi connectivity index (χ0v) is 22.9. The summed E-state index contributed by atoms with van der Waals surface area (Å²) in [7, 11) is 0. The number of likely N-dealkylation sites (tertiary alicyclic amines) is 1. The van der Waals surface area contributed by atoms with Crippen LogP contribution in [0.25, 0.3) is 6.08 Å². The lowest BCUT2D eigenvalue weighted by Crippen LogP contribution is -2.48. The van der Waals surface area contributed by atoms with E-state index in [1.165, 1.54) is 12.4 Å². The second kappa shape index (κ2) is 14.1. The van der Waals surface area contributed by atoms with E-state index in [0.717, 1.165) is 51.4 Å². The number of nitrogens with zero attached hydrogens (tertiary/aromatic N) is 3. The van der Waals surface area contributed by atoms with Crippen LogP contribution in [0.2, 0.25) is 0 Å². The van der Waals surface area contributed by atoms with Crippen LogP contribution in [0, 0.1) is 17.8 Å². The summed E-state index contributed by atoms with van der Waals surface area (Å²) < 4.78 is 5.69. The van der Waals surface area contributed by atoms with Crippen molar-refractivity contribution in [1.82, 2.24) is 20.2 Å². The first-order valence-corrected chi connectivity index (χ1v) is 13.9. The van der Waals surface area contributed by atoms with Crippen molar-refractivity contribution >= 4 is 23.9 Å². The van der Waals surface area contributed by atoms with Crippen LogP contribution in [0.15, 0.2) is 12.4 Å². The Labute approximate surface area is 225 Å². The molecule has 3 rings (SSSR count). The number of carbonyl (C=O) groups excluding carboxylic acids is 3. The largest absolute Gasteiger partial charge is 0.504 e. The van der Waals surface area contributed by atoms with E-state index in [-0.39, 0.29) is 41.9 Å². The molecule has 2 fully saturated rings. The molecule has 1 saturated heterocycles. The second-order valence-corrected chi connectivity index (χ2v) is 10.9. The highest BCUT2D eigenvalue weighted by molar-refractivity contribution is 5.92. The van der Waals surface area contributed by atoms with Crippen molar-refractivity contribution in [3.8, 4) is 5.75 Å². The average molecular weight is 530 g/mol. The maximum absolute atomic E-state index is 12.8. The van der Waals surface area contributed by atoms with Crippen LogP contribution < -0.4 is 11.1 Å². The van der Waals surface area contributed by atoms with Crippen LogP contribution >= 0.6 is 0 Å². The molecule has 1 aliphatic heterocycles. The van der Waals surface area contributed by atoms with Gasteiger partial charge in [0, 0.05) is 12.5 Å². The van der Waals surface area contributed by atoms with Crippen LogP contribution in [-0.4, -0.2) is 63.0 Å². The van der Waals surface area contributed by atoms with E-state index in [4.69, 9.17) is 10.5 Å². The van der Waals surface area contributed by atoms with Crippen LogP contribution in [0.1, 0.15) is 83.7 Å². The van der Waals surface area contributed by atoms with Gasteiger partial charge in [-0.25, -0.2) is 14.8 Å². The Hall–Kier alpha value is -3.17. The Kier molecular flexibility index (Phi) is 10.9. The molecule has 2 aliphatic rings. The normalized spacial score (nSPS) is 23.3. The van der Waals surface area contributed by atoms with Crippen molar-refractivity contribution in [2.24, 2.45) is 23.5 Å². The Bertz CT molecular complexity index is 998. The van der Waals surface area contributed by atoms with Crippen LogP contribution in [-0.2, 0) is 20.7 Å². The van der Waals surface area contributed by atoms with Gasteiger partial charge in [-0.2, -0.15) is 0 Å². The number of ketones is 1. The molecule has 2 heterocycles. The third kappa shape index (κ3) is 7.91. The highest BCUT2D eigenvalue weighted by Gasteiger charge is 2.40. The number of aryl methyl sites for hydroxylation is 1. The first-order valence-electron chi connectivity index (χ1n) is 13.9. The minimum Gasteiger partial charge on any atom is -0.504 e. The van der Waals surface area contributed by atoms with Crippen molar-refractivity contribution < 1.29 is 24.2 Å². The molecule has 0 bridgehead atoms. The molecule has 10 heteroatoms. The minimum absolute atomic E-state index is 0.0714. The second-order valence-electron chi connectivity index (χ2n) is 10.9. The molecule has 1 saturated carbocycles. The molecule has 4 atom stereocenters. The lowest BCUT2D eigenvalue weighted by Gasteiger charge is -2.27. The highest BCUT2D eigenvalue weighted by Crippen LogP contribution is 2.33. The molecule has 38 heavy (non-hydrogen) atoms. The summed E-state index contributed by atoms with van der Waals surface area (Å²) in [6.07, 6.45) is 11.7. The fourth-order valence-electron chi connectivity index (χ4n) is 5.57. The predicted molar refractivity (Wildman–Crippen MR) is 144 cm³/mol. The monoisotopic (exact) mass is 529 g/mol. The number of alkyl carbamates (subject to hydrolysis) is 1. The summed E-state index contributed by atoms with van der Waals surface area (Å²) in [6.45, 7) is 6.07. The standard InChI is InChI=1S/C28H43N5O5/c1-18(2)27(36)26-19(3)13-15-33(26)25(35)17-31-28(37)38-23-11-7-9-20(23)8-5-4-6-10-21-22(34)16-30-24(32-21)12-14-29/h12,14,16,18-20,23,26,34H,4-11,13,15,17,29H2,1-3H3,(H,31,37)/b14-12-/t19-,20?,23?,26+/m1/s1. The molecule has 1 aliphatic carbocycles. The fourth-order valence-corrected chi connectivity index (χ4v) is 5.57. The molecule has 0 radical (unpaired) electrons. The summed E-state index contributed by atoms with van der Waals surface area (Å²) in [5.74, 6) is 0.685. The SMILES string of the molecule is CC(C)C(=O)[C@@H]1[C@H](C)CCN1C(=O)CNC(=O)OC1CCCC1CCCCCc1nc(/C=C\N)ncc1O. The van der Waals surface area contributed by atoms with Crippen molar-refractivity contribution in [3.63, 3.8) is 0 Å². The number of aromatic hydroxyl groups is 1. The van der Waals surface area contributed by atoms with Gasteiger partial charge in [0.15, 0.2) is 17.4 Å². The zero-order valence-electron chi connectivity index (χ0n) is 22.9. The van der Waals surface area contributed by atoms with E-state index < -0.39 is 12.1 Å². The zero-order chi connectivity index (χ0) is 27.7. The van der Waals surface area contributed by atoms with Crippen molar-refractivity contribution in [1.29, 1.82) is 0 Å². The minimum atomic E-state index is -0.573.